The first-order valence-corrected chi connectivity index (χ1v) is 9.12. The molecule has 1 saturated carbocycles. The summed E-state index contributed by atoms with van der Waals surface area (Å²) in [7, 11) is 0. The molecule has 0 aromatic carbocycles. The molecule has 0 aromatic rings. The second kappa shape index (κ2) is 7.20. The van der Waals surface area contributed by atoms with Gasteiger partial charge in [0, 0.05) is 13.1 Å². The molecule has 2 fully saturated rings. The molecule has 132 valence electrons. The van der Waals surface area contributed by atoms with Gasteiger partial charge < -0.3 is 5.32 Å². The fourth-order valence-corrected chi connectivity index (χ4v) is 4.05. The summed E-state index contributed by atoms with van der Waals surface area (Å²) in [6.45, 7) is 13.0. The summed E-state index contributed by atoms with van der Waals surface area (Å²) in [5.74, 6) is 1.24. The van der Waals surface area contributed by atoms with Crippen molar-refractivity contribution in [2.24, 2.45) is 17.8 Å². The summed E-state index contributed by atoms with van der Waals surface area (Å²) < 4.78 is 0. The van der Waals surface area contributed by atoms with Crippen molar-refractivity contribution in [3.63, 3.8) is 0 Å². The Morgan fingerprint density at radius 1 is 1.17 bits per heavy atom. The summed E-state index contributed by atoms with van der Waals surface area (Å²) in [5, 5.41) is 3.04. The summed E-state index contributed by atoms with van der Waals surface area (Å²) in [4.78, 5) is 29.2. The van der Waals surface area contributed by atoms with Gasteiger partial charge in [0.2, 0.25) is 0 Å². The molecule has 23 heavy (non-hydrogen) atoms. The van der Waals surface area contributed by atoms with E-state index in [0.29, 0.717) is 18.5 Å². The highest BCUT2D eigenvalue weighted by atomic mass is 16.2. The van der Waals surface area contributed by atoms with Crippen molar-refractivity contribution in [3.05, 3.63) is 0 Å². The van der Waals surface area contributed by atoms with Crippen molar-refractivity contribution in [1.82, 2.24) is 15.1 Å². The Morgan fingerprint density at radius 3 is 2.30 bits per heavy atom. The maximum absolute atomic E-state index is 13.0. The van der Waals surface area contributed by atoms with Crippen molar-refractivity contribution < 1.29 is 9.59 Å². The minimum absolute atomic E-state index is 0.00721. The van der Waals surface area contributed by atoms with Gasteiger partial charge in [-0.25, -0.2) is 9.69 Å². The van der Waals surface area contributed by atoms with Crippen molar-refractivity contribution >= 4 is 11.9 Å². The average Bonchev–Trinajstić information content (AvgIpc) is 2.66. The fourth-order valence-electron chi connectivity index (χ4n) is 4.05. The van der Waals surface area contributed by atoms with Crippen molar-refractivity contribution in [1.29, 1.82) is 0 Å². The molecule has 0 unspecified atom stereocenters. The zero-order chi connectivity index (χ0) is 17.2. The van der Waals surface area contributed by atoms with Gasteiger partial charge in [0.05, 0.1) is 6.67 Å². The lowest BCUT2D eigenvalue weighted by Crippen LogP contribution is -2.54. The number of hydrogen-bond acceptors (Lipinski definition) is 3. The minimum Gasteiger partial charge on any atom is -0.323 e. The first kappa shape index (κ1) is 18.2. The first-order valence-electron chi connectivity index (χ1n) is 9.12. The van der Waals surface area contributed by atoms with Crippen molar-refractivity contribution in [3.8, 4) is 0 Å². The Morgan fingerprint density at radius 2 is 1.78 bits per heavy atom. The Labute approximate surface area is 140 Å². The molecule has 0 bridgehead atoms. The van der Waals surface area contributed by atoms with E-state index in [1.807, 2.05) is 0 Å². The van der Waals surface area contributed by atoms with Crippen molar-refractivity contribution in [2.75, 3.05) is 19.8 Å². The molecule has 1 N–H and O–H groups in total. The molecule has 1 aliphatic carbocycles. The van der Waals surface area contributed by atoms with Gasteiger partial charge in [0.25, 0.3) is 5.91 Å². The van der Waals surface area contributed by atoms with Gasteiger partial charge in [-0.3, -0.25) is 9.69 Å². The molecule has 1 spiro atoms. The molecule has 0 aromatic heterocycles. The third-order valence-corrected chi connectivity index (χ3v) is 5.09. The number of carbonyl (C=O) groups excluding carboxylic acids is 2. The third kappa shape index (κ3) is 3.87. The number of rotatable bonds is 6. The highest BCUT2D eigenvalue weighted by Crippen LogP contribution is 2.38. The van der Waals surface area contributed by atoms with E-state index in [1.165, 1.54) is 4.90 Å². The van der Waals surface area contributed by atoms with Crippen LogP contribution in [-0.2, 0) is 4.79 Å². The van der Waals surface area contributed by atoms with E-state index in [9.17, 15) is 9.59 Å². The van der Waals surface area contributed by atoms with Gasteiger partial charge in [0.15, 0.2) is 0 Å². The van der Waals surface area contributed by atoms with E-state index in [1.54, 1.807) is 0 Å². The molecular weight excluding hydrogens is 290 g/mol. The van der Waals surface area contributed by atoms with E-state index < -0.39 is 5.54 Å². The number of nitrogens with zero attached hydrogens (tertiary/aromatic N) is 2. The summed E-state index contributed by atoms with van der Waals surface area (Å²) in [6, 6.07) is -0.207. The molecule has 1 heterocycles. The average molecular weight is 323 g/mol. The summed E-state index contributed by atoms with van der Waals surface area (Å²) >= 11 is 0. The quantitative estimate of drug-likeness (QED) is 0.764. The molecule has 2 atom stereocenters. The van der Waals surface area contributed by atoms with Crippen LogP contribution in [-0.4, -0.2) is 47.0 Å². The van der Waals surface area contributed by atoms with Crippen LogP contribution >= 0.6 is 0 Å². The maximum Gasteiger partial charge on any atom is 0.326 e. The first-order chi connectivity index (χ1) is 10.8. The smallest absolute Gasteiger partial charge is 0.323 e. The van der Waals surface area contributed by atoms with Crippen LogP contribution in [0.1, 0.15) is 60.3 Å². The molecule has 5 heteroatoms. The molecule has 1 aliphatic heterocycles. The lowest BCUT2D eigenvalue weighted by Gasteiger charge is -2.37. The molecule has 2 rings (SSSR count). The van der Waals surface area contributed by atoms with Gasteiger partial charge >= 0.3 is 6.03 Å². The van der Waals surface area contributed by atoms with Crippen LogP contribution < -0.4 is 5.32 Å². The standard InChI is InChI=1S/C18H33N3O2/c1-13(2)10-20(11-14(3)4)12-21-16(22)18(19-17(21)23)9-7-6-8-15(18)5/h13-15H,6-12H2,1-5H3,(H,19,23)/t15-,18+/m0/s1. The Balaban J connectivity index is 2.12. The normalized spacial score (nSPS) is 28.5. The maximum atomic E-state index is 13.0. The topological polar surface area (TPSA) is 52.6 Å². The summed E-state index contributed by atoms with van der Waals surface area (Å²) in [6.07, 6.45) is 3.97. The molecule has 0 radical (unpaired) electrons. The molecule has 2 aliphatic rings. The lowest BCUT2D eigenvalue weighted by atomic mass is 9.73. The minimum atomic E-state index is -0.642. The number of urea groups is 1. The zero-order valence-electron chi connectivity index (χ0n) is 15.4. The third-order valence-electron chi connectivity index (χ3n) is 5.09. The fraction of sp³-hybridized carbons (Fsp3) is 0.889. The second-order valence-corrected chi connectivity index (χ2v) is 8.25. The van der Waals surface area contributed by atoms with Gasteiger partial charge in [-0.05, 0) is 30.6 Å². The highest BCUT2D eigenvalue weighted by molar-refractivity contribution is 6.07. The van der Waals surface area contributed by atoms with Crippen LogP contribution in [0.15, 0.2) is 0 Å². The number of carbonyl (C=O) groups is 2. The molecular formula is C18H33N3O2. The van der Waals surface area contributed by atoms with E-state index in [0.717, 1.165) is 38.8 Å². The van der Waals surface area contributed by atoms with Crippen LogP contribution in [0.5, 0.6) is 0 Å². The predicted molar refractivity (Wildman–Crippen MR) is 91.9 cm³/mol. The largest absolute Gasteiger partial charge is 0.326 e. The SMILES string of the molecule is CC(C)CN(CC(C)C)CN1C(=O)N[C@@]2(CCCC[C@@H]2C)C1=O. The molecule has 5 nitrogen and oxygen atoms in total. The highest BCUT2D eigenvalue weighted by Gasteiger charge is 2.54. The van der Waals surface area contributed by atoms with Crippen molar-refractivity contribution in [2.45, 2.75) is 65.8 Å². The monoisotopic (exact) mass is 323 g/mol. The van der Waals surface area contributed by atoms with E-state index >= 15 is 0 Å². The number of nitrogens with one attached hydrogen (secondary N) is 1. The van der Waals surface area contributed by atoms with Gasteiger partial charge in [-0.1, -0.05) is 47.5 Å². The van der Waals surface area contributed by atoms with Crippen LogP contribution in [0.3, 0.4) is 0 Å². The van der Waals surface area contributed by atoms with Crippen LogP contribution in [0, 0.1) is 17.8 Å². The van der Waals surface area contributed by atoms with Crippen LogP contribution in [0.25, 0.3) is 0 Å². The van der Waals surface area contributed by atoms with Gasteiger partial charge in [-0.15, -0.1) is 0 Å². The Bertz CT molecular complexity index is 440. The number of imide groups is 1. The summed E-state index contributed by atoms with van der Waals surface area (Å²) in [5.41, 5.74) is -0.642. The predicted octanol–water partition coefficient (Wildman–Crippen LogP) is 3.06. The van der Waals surface area contributed by atoms with Crippen LogP contribution in [0.4, 0.5) is 4.79 Å². The molecule has 1 saturated heterocycles. The van der Waals surface area contributed by atoms with E-state index in [2.05, 4.69) is 44.8 Å². The lowest BCUT2D eigenvalue weighted by molar-refractivity contribution is -0.135. The number of hydrogen-bond donors (Lipinski definition) is 1. The zero-order valence-corrected chi connectivity index (χ0v) is 15.4. The second-order valence-electron chi connectivity index (χ2n) is 8.25. The Hall–Kier alpha value is -1.10. The number of amides is 3. The van der Waals surface area contributed by atoms with E-state index in [-0.39, 0.29) is 17.9 Å². The molecule has 3 amide bonds. The van der Waals surface area contributed by atoms with Gasteiger partial charge in [0.1, 0.15) is 5.54 Å². The van der Waals surface area contributed by atoms with E-state index in [4.69, 9.17) is 0 Å². The Kier molecular flexibility index (Phi) is 5.71. The van der Waals surface area contributed by atoms with Gasteiger partial charge in [-0.2, -0.15) is 0 Å². The van der Waals surface area contributed by atoms with Crippen LogP contribution in [0.2, 0.25) is 0 Å².